The molecule has 0 spiro atoms. The molecule has 3 atom stereocenters. The number of pyridine rings is 1. The Balaban J connectivity index is 1.36. The van der Waals surface area contributed by atoms with E-state index in [0.717, 1.165) is 30.6 Å². The monoisotopic (exact) mass is 344 g/mol. The van der Waals surface area contributed by atoms with Gasteiger partial charge in [0.1, 0.15) is 0 Å². The Morgan fingerprint density at radius 2 is 2.00 bits per heavy atom. The Kier molecular flexibility index (Phi) is 5.04. The van der Waals surface area contributed by atoms with Gasteiger partial charge in [-0.05, 0) is 47.8 Å². The van der Waals surface area contributed by atoms with Crippen molar-refractivity contribution in [1.29, 1.82) is 0 Å². The van der Waals surface area contributed by atoms with Crippen molar-refractivity contribution >= 4 is 6.21 Å². The molecule has 4 heteroatoms. The van der Waals surface area contributed by atoms with E-state index in [0.29, 0.717) is 12.1 Å². The summed E-state index contributed by atoms with van der Waals surface area (Å²) in [5, 5.41) is 3.65. The third-order valence-electron chi connectivity index (χ3n) is 5.08. The van der Waals surface area contributed by atoms with E-state index in [4.69, 9.17) is 5.73 Å². The number of hydrogen-bond acceptors (Lipinski definition) is 4. The minimum absolute atomic E-state index is 0.183. The summed E-state index contributed by atoms with van der Waals surface area (Å²) in [7, 11) is 0. The number of nitrogens with one attached hydrogen (secondary N) is 1. The normalized spacial score (nSPS) is 22.6. The predicted molar refractivity (Wildman–Crippen MR) is 106 cm³/mol. The van der Waals surface area contributed by atoms with Crippen LogP contribution in [0.3, 0.4) is 0 Å². The van der Waals surface area contributed by atoms with E-state index in [-0.39, 0.29) is 6.04 Å². The quantitative estimate of drug-likeness (QED) is 0.874. The number of nitrogens with zero attached hydrogens (tertiary/aromatic N) is 2. The lowest BCUT2D eigenvalue weighted by Crippen LogP contribution is -2.32. The number of aromatic nitrogens is 1. The fraction of sp³-hybridized carbons (Fsp3) is 0.273. The lowest BCUT2D eigenvalue weighted by Gasteiger charge is -2.27. The molecule has 1 aromatic carbocycles. The fourth-order valence-corrected chi connectivity index (χ4v) is 3.55. The topological polar surface area (TPSA) is 63.3 Å². The Morgan fingerprint density at radius 1 is 1.12 bits per heavy atom. The number of nitrogens with two attached hydrogens (primary N) is 1. The summed E-state index contributed by atoms with van der Waals surface area (Å²) in [6.07, 6.45) is 12.5. The number of aliphatic imine (C=N–C) groups is 1. The SMILES string of the molecule is NC(c1ccc(CNC2C=C3C=CC=NC3CC2)cc1)c1ccccn1. The first-order valence-electron chi connectivity index (χ1n) is 9.20. The summed E-state index contributed by atoms with van der Waals surface area (Å²) in [5.41, 5.74) is 10.9. The van der Waals surface area contributed by atoms with Crippen molar-refractivity contribution < 1.29 is 0 Å². The van der Waals surface area contributed by atoms with Crippen LogP contribution in [0.2, 0.25) is 0 Å². The van der Waals surface area contributed by atoms with E-state index < -0.39 is 0 Å². The largest absolute Gasteiger partial charge is 0.319 e. The van der Waals surface area contributed by atoms with Crippen LogP contribution in [0.15, 0.2) is 77.5 Å². The Hall–Kier alpha value is -2.56. The van der Waals surface area contributed by atoms with Crippen molar-refractivity contribution in [3.8, 4) is 0 Å². The predicted octanol–water partition coefficient (Wildman–Crippen LogP) is 3.32. The van der Waals surface area contributed by atoms with Gasteiger partial charge in [0, 0.05) is 25.0 Å². The molecule has 0 fully saturated rings. The molecule has 132 valence electrons. The molecule has 2 aromatic rings. The molecule has 4 nitrogen and oxygen atoms in total. The standard InChI is InChI=1S/C22H24N4/c23-22(21-5-1-2-12-25-21)17-8-6-16(7-9-17)15-26-19-10-11-20-18(14-19)4-3-13-24-20/h1-9,12-14,19-20,22,26H,10-11,15,23H2. The first-order valence-corrected chi connectivity index (χ1v) is 9.20. The molecule has 0 radical (unpaired) electrons. The second kappa shape index (κ2) is 7.77. The molecule has 1 aromatic heterocycles. The molecule has 3 N–H and O–H groups in total. The fourth-order valence-electron chi connectivity index (χ4n) is 3.55. The second-order valence-electron chi connectivity index (χ2n) is 6.88. The summed E-state index contributed by atoms with van der Waals surface area (Å²) >= 11 is 0. The molecular formula is C22H24N4. The molecule has 1 aliphatic heterocycles. The highest BCUT2D eigenvalue weighted by atomic mass is 14.9. The van der Waals surface area contributed by atoms with Crippen LogP contribution in [0.4, 0.5) is 0 Å². The zero-order chi connectivity index (χ0) is 17.8. The lowest BCUT2D eigenvalue weighted by molar-refractivity contribution is 0.491. The van der Waals surface area contributed by atoms with Gasteiger partial charge in [0.05, 0.1) is 17.8 Å². The van der Waals surface area contributed by atoms with Crippen LogP contribution in [0.1, 0.15) is 35.7 Å². The number of allylic oxidation sites excluding steroid dienone is 1. The van der Waals surface area contributed by atoms with E-state index in [9.17, 15) is 0 Å². The average molecular weight is 344 g/mol. The summed E-state index contributed by atoms with van der Waals surface area (Å²) in [6, 6.07) is 14.9. The molecule has 1 aliphatic carbocycles. The number of rotatable bonds is 5. The van der Waals surface area contributed by atoms with Gasteiger partial charge in [0.25, 0.3) is 0 Å². The van der Waals surface area contributed by atoms with Crippen molar-refractivity contribution in [3.05, 3.63) is 89.3 Å². The van der Waals surface area contributed by atoms with E-state index in [1.165, 1.54) is 11.1 Å². The van der Waals surface area contributed by atoms with Crippen molar-refractivity contribution in [2.24, 2.45) is 10.7 Å². The minimum atomic E-state index is -0.183. The van der Waals surface area contributed by atoms with Crippen molar-refractivity contribution in [3.63, 3.8) is 0 Å². The third kappa shape index (κ3) is 3.82. The molecule has 4 rings (SSSR count). The third-order valence-corrected chi connectivity index (χ3v) is 5.08. The molecule has 26 heavy (non-hydrogen) atoms. The average Bonchev–Trinajstić information content (AvgIpc) is 2.72. The summed E-state index contributed by atoms with van der Waals surface area (Å²) in [6.45, 7) is 0.852. The number of benzene rings is 1. The van der Waals surface area contributed by atoms with Gasteiger partial charge < -0.3 is 11.1 Å². The molecule has 2 heterocycles. The van der Waals surface area contributed by atoms with Gasteiger partial charge in [-0.2, -0.15) is 0 Å². The smallest absolute Gasteiger partial charge is 0.0747 e. The van der Waals surface area contributed by atoms with Gasteiger partial charge in [0.2, 0.25) is 0 Å². The Morgan fingerprint density at radius 3 is 2.81 bits per heavy atom. The van der Waals surface area contributed by atoms with Gasteiger partial charge in [-0.25, -0.2) is 0 Å². The van der Waals surface area contributed by atoms with Crippen molar-refractivity contribution in [2.75, 3.05) is 0 Å². The Labute approximate surface area is 154 Å². The maximum absolute atomic E-state index is 6.32. The maximum Gasteiger partial charge on any atom is 0.0747 e. The van der Waals surface area contributed by atoms with Gasteiger partial charge >= 0.3 is 0 Å². The van der Waals surface area contributed by atoms with Crippen LogP contribution >= 0.6 is 0 Å². The van der Waals surface area contributed by atoms with E-state index in [2.05, 4.69) is 51.7 Å². The number of dihydropyridines is 1. The van der Waals surface area contributed by atoms with Gasteiger partial charge in [-0.1, -0.05) is 42.5 Å². The van der Waals surface area contributed by atoms with E-state index in [1.807, 2.05) is 30.5 Å². The van der Waals surface area contributed by atoms with Crippen LogP contribution in [0.5, 0.6) is 0 Å². The molecule has 0 amide bonds. The van der Waals surface area contributed by atoms with Crippen molar-refractivity contribution in [2.45, 2.75) is 37.5 Å². The van der Waals surface area contributed by atoms with E-state index in [1.54, 1.807) is 6.20 Å². The Bertz CT molecular complexity index is 821. The summed E-state index contributed by atoms with van der Waals surface area (Å²) in [5.74, 6) is 0. The summed E-state index contributed by atoms with van der Waals surface area (Å²) in [4.78, 5) is 8.88. The zero-order valence-corrected chi connectivity index (χ0v) is 14.8. The molecule has 0 saturated heterocycles. The number of fused-ring (bicyclic) bond motifs is 1. The van der Waals surface area contributed by atoms with Crippen LogP contribution in [0.25, 0.3) is 0 Å². The maximum atomic E-state index is 6.32. The van der Waals surface area contributed by atoms with Crippen molar-refractivity contribution in [1.82, 2.24) is 10.3 Å². The highest BCUT2D eigenvalue weighted by Gasteiger charge is 2.21. The van der Waals surface area contributed by atoms with Crippen LogP contribution in [0, 0.1) is 0 Å². The van der Waals surface area contributed by atoms with Gasteiger partial charge in [-0.15, -0.1) is 0 Å². The first-order chi connectivity index (χ1) is 12.8. The first kappa shape index (κ1) is 16.9. The molecule has 0 bridgehead atoms. The second-order valence-corrected chi connectivity index (χ2v) is 6.88. The van der Waals surface area contributed by atoms with Crippen LogP contribution < -0.4 is 11.1 Å². The van der Waals surface area contributed by atoms with Gasteiger partial charge in [0.15, 0.2) is 0 Å². The lowest BCUT2D eigenvalue weighted by atomic mass is 9.90. The zero-order valence-electron chi connectivity index (χ0n) is 14.8. The molecule has 2 aliphatic rings. The highest BCUT2D eigenvalue weighted by molar-refractivity contribution is 5.74. The molecular weight excluding hydrogens is 320 g/mol. The van der Waals surface area contributed by atoms with Gasteiger partial charge in [-0.3, -0.25) is 9.98 Å². The van der Waals surface area contributed by atoms with E-state index >= 15 is 0 Å². The highest BCUT2D eigenvalue weighted by Crippen LogP contribution is 2.24. The summed E-state index contributed by atoms with van der Waals surface area (Å²) < 4.78 is 0. The molecule has 0 saturated carbocycles. The minimum Gasteiger partial charge on any atom is -0.319 e. The van der Waals surface area contributed by atoms with Crippen LogP contribution in [-0.2, 0) is 6.54 Å². The molecule has 3 unspecified atom stereocenters. The number of hydrogen-bond donors (Lipinski definition) is 2. The van der Waals surface area contributed by atoms with Crippen LogP contribution in [-0.4, -0.2) is 23.3 Å².